The summed E-state index contributed by atoms with van der Waals surface area (Å²) in [6, 6.07) is 0. The number of carbonyl (C=O) groups is 1. The molecular weight excluding hydrogens is 214 g/mol. The van der Waals surface area contributed by atoms with Crippen molar-refractivity contribution in [3.05, 3.63) is 0 Å². The average Bonchev–Trinajstić information content (AvgIpc) is 2.64. The molecule has 1 saturated heterocycles. The molecular formula is C14H25NO2. The predicted octanol–water partition coefficient (Wildman–Crippen LogP) is 2.19. The number of nitrogens with zero attached hydrogens (tertiary/aromatic N) is 1. The van der Waals surface area contributed by atoms with Gasteiger partial charge < -0.3 is 10.0 Å². The lowest BCUT2D eigenvalue weighted by Crippen LogP contribution is -2.33. The molecule has 0 bridgehead atoms. The monoisotopic (exact) mass is 239 g/mol. The summed E-state index contributed by atoms with van der Waals surface area (Å²) in [5, 5.41) is 9.78. The summed E-state index contributed by atoms with van der Waals surface area (Å²) >= 11 is 0. The van der Waals surface area contributed by atoms with Crippen molar-refractivity contribution < 1.29 is 9.90 Å². The molecule has 0 aromatic heterocycles. The fourth-order valence-electron chi connectivity index (χ4n) is 3.09. The first-order chi connectivity index (χ1) is 8.16. The Morgan fingerprint density at radius 3 is 2.82 bits per heavy atom. The summed E-state index contributed by atoms with van der Waals surface area (Å²) in [5.41, 5.74) is 0. The van der Waals surface area contributed by atoms with Gasteiger partial charge in [-0.15, -0.1) is 0 Å². The third kappa shape index (κ3) is 3.44. The van der Waals surface area contributed by atoms with E-state index in [-0.39, 0.29) is 6.10 Å². The Kier molecular flexibility index (Phi) is 4.43. The third-order valence-corrected chi connectivity index (χ3v) is 4.48. The smallest absolute Gasteiger partial charge is 0.222 e. The van der Waals surface area contributed by atoms with Crippen LogP contribution in [0, 0.1) is 11.8 Å². The van der Waals surface area contributed by atoms with Gasteiger partial charge in [0.2, 0.25) is 5.91 Å². The van der Waals surface area contributed by atoms with E-state index < -0.39 is 0 Å². The van der Waals surface area contributed by atoms with Crippen molar-refractivity contribution in [3.63, 3.8) is 0 Å². The van der Waals surface area contributed by atoms with Crippen molar-refractivity contribution in [1.82, 2.24) is 4.90 Å². The Bertz CT molecular complexity index is 267. The molecule has 17 heavy (non-hydrogen) atoms. The van der Waals surface area contributed by atoms with Gasteiger partial charge in [-0.3, -0.25) is 4.79 Å². The highest BCUT2D eigenvalue weighted by Crippen LogP contribution is 2.29. The largest absolute Gasteiger partial charge is 0.393 e. The molecule has 3 unspecified atom stereocenters. The van der Waals surface area contributed by atoms with Crippen molar-refractivity contribution in [2.45, 2.75) is 58.0 Å². The molecule has 1 heterocycles. The molecule has 3 atom stereocenters. The van der Waals surface area contributed by atoms with E-state index in [1.807, 2.05) is 4.90 Å². The lowest BCUT2D eigenvalue weighted by molar-refractivity contribution is -0.131. The maximum absolute atomic E-state index is 11.9. The first-order valence-electron chi connectivity index (χ1n) is 7.12. The normalized spacial score (nSPS) is 35.1. The van der Waals surface area contributed by atoms with Crippen molar-refractivity contribution in [2.75, 3.05) is 13.1 Å². The maximum atomic E-state index is 11.9. The van der Waals surface area contributed by atoms with Gasteiger partial charge in [-0.1, -0.05) is 13.3 Å². The van der Waals surface area contributed by atoms with Crippen LogP contribution >= 0.6 is 0 Å². The van der Waals surface area contributed by atoms with Crippen LogP contribution < -0.4 is 0 Å². The molecule has 1 saturated carbocycles. The number of aliphatic hydroxyl groups excluding tert-OH is 1. The number of hydrogen-bond donors (Lipinski definition) is 1. The van der Waals surface area contributed by atoms with Gasteiger partial charge in [0, 0.05) is 19.5 Å². The predicted molar refractivity (Wildman–Crippen MR) is 67.6 cm³/mol. The number of carbonyl (C=O) groups excluding carboxylic acids is 1. The zero-order valence-corrected chi connectivity index (χ0v) is 10.9. The van der Waals surface area contributed by atoms with Gasteiger partial charge in [-0.2, -0.15) is 0 Å². The fourth-order valence-corrected chi connectivity index (χ4v) is 3.09. The molecule has 1 aliphatic heterocycles. The molecule has 0 aromatic rings. The SMILES string of the molecule is CC1CCC(=O)N(CCC2CCCC2O)CC1. The second-order valence-electron chi connectivity index (χ2n) is 5.86. The van der Waals surface area contributed by atoms with E-state index in [1.165, 1.54) is 0 Å². The number of likely N-dealkylation sites (tertiary alicyclic amines) is 1. The molecule has 1 aliphatic carbocycles. The van der Waals surface area contributed by atoms with E-state index in [1.54, 1.807) is 0 Å². The van der Waals surface area contributed by atoms with Gasteiger partial charge in [-0.05, 0) is 43.9 Å². The molecule has 2 rings (SSSR count). The van der Waals surface area contributed by atoms with Crippen LogP contribution in [0.3, 0.4) is 0 Å². The molecule has 2 aliphatic rings. The van der Waals surface area contributed by atoms with Gasteiger partial charge in [0.05, 0.1) is 6.10 Å². The number of amides is 1. The Morgan fingerprint density at radius 2 is 2.12 bits per heavy atom. The maximum Gasteiger partial charge on any atom is 0.222 e. The van der Waals surface area contributed by atoms with Crippen molar-refractivity contribution in [3.8, 4) is 0 Å². The van der Waals surface area contributed by atoms with Gasteiger partial charge in [0.1, 0.15) is 0 Å². The molecule has 1 amide bonds. The zero-order valence-electron chi connectivity index (χ0n) is 10.9. The molecule has 2 fully saturated rings. The number of aliphatic hydroxyl groups is 1. The van der Waals surface area contributed by atoms with Crippen LogP contribution in [0.25, 0.3) is 0 Å². The molecule has 3 heteroatoms. The summed E-state index contributed by atoms with van der Waals surface area (Å²) in [7, 11) is 0. The summed E-state index contributed by atoms with van der Waals surface area (Å²) in [6.07, 6.45) is 7.01. The number of hydrogen-bond acceptors (Lipinski definition) is 2. The third-order valence-electron chi connectivity index (χ3n) is 4.48. The zero-order chi connectivity index (χ0) is 12.3. The Labute approximate surface area is 104 Å². The Balaban J connectivity index is 1.79. The van der Waals surface area contributed by atoms with Crippen LogP contribution in [0.4, 0.5) is 0 Å². The van der Waals surface area contributed by atoms with Crippen LogP contribution in [-0.2, 0) is 4.79 Å². The minimum atomic E-state index is -0.115. The van der Waals surface area contributed by atoms with Crippen molar-refractivity contribution in [2.24, 2.45) is 11.8 Å². The molecule has 98 valence electrons. The van der Waals surface area contributed by atoms with E-state index in [2.05, 4.69) is 6.92 Å². The summed E-state index contributed by atoms with van der Waals surface area (Å²) < 4.78 is 0. The van der Waals surface area contributed by atoms with Crippen LogP contribution in [0.5, 0.6) is 0 Å². The first-order valence-corrected chi connectivity index (χ1v) is 7.12. The summed E-state index contributed by atoms with van der Waals surface area (Å²) in [5.74, 6) is 1.44. The van der Waals surface area contributed by atoms with Crippen LogP contribution in [0.2, 0.25) is 0 Å². The van der Waals surface area contributed by atoms with Gasteiger partial charge in [0.25, 0.3) is 0 Å². The highest BCUT2D eigenvalue weighted by atomic mass is 16.3. The van der Waals surface area contributed by atoms with Crippen molar-refractivity contribution in [1.29, 1.82) is 0 Å². The molecule has 0 spiro atoms. The number of rotatable bonds is 3. The molecule has 1 N–H and O–H groups in total. The van der Waals surface area contributed by atoms with Gasteiger partial charge in [-0.25, -0.2) is 0 Å². The summed E-state index contributed by atoms with van der Waals surface area (Å²) in [4.78, 5) is 13.9. The Hall–Kier alpha value is -0.570. The second-order valence-corrected chi connectivity index (χ2v) is 5.86. The van der Waals surface area contributed by atoms with Gasteiger partial charge >= 0.3 is 0 Å². The van der Waals surface area contributed by atoms with Crippen LogP contribution in [-0.4, -0.2) is 35.1 Å². The standard InChI is InChI=1S/C14H25NO2/c1-11-5-6-14(17)15(9-7-11)10-8-12-3-2-4-13(12)16/h11-13,16H,2-10H2,1H3. The fraction of sp³-hybridized carbons (Fsp3) is 0.929. The van der Waals surface area contributed by atoms with E-state index in [0.29, 0.717) is 24.2 Å². The van der Waals surface area contributed by atoms with Crippen molar-refractivity contribution >= 4 is 5.91 Å². The Morgan fingerprint density at radius 1 is 1.29 bits per heavy atom. The minimum absolute atomic E-state index is 0.115. The molecule has 0 aromatic carbocycles. The highest BCUT2D eigenvalue weighted by Gasteiger charge is 2.27. The van der Waals surface area contributed by atoms with E-state index >= 15 is 0 Å². The van der Waals surface area contributed by atoms with Crippen LogP contribution in [0.1, 0.15) is 51.9 Å². The topological polar surface area (TPSA) is 40.5 Å². The van der Waals surface area contributed by atoms with E-state index in [0.717, 1.165) is 51.6 Å². The first kappa shape index (κ1) is 12.9. The lowest BCUT2D eigenvalue weighted by Gasteiger charge is -2.23. The lowest BCUT2D eigenvalue weighted by atomic mass is 10.0. The minimum Gasteiger partial charge on any atom is -0.393 e. The quantitative estimate of drug-likeness (QED) is 0.820. The van der Waals surface area contributed by atoms with Crippen LogP contribution in [0.15, 0.2) is 0 Å². The van der Waals surface area contributed by atoms with E-state index in [9.17, 15) is 9.90 Å². The average molecular weight is 239 g/mol. The van der Waals surface area contributed by atoms with Gasteiger partial charge in [0.15, 0.2) is 0 Å². The summed E-state index contributed by atoms with van der Waals surface area (Å²) in [6.45, 7) is 4.01. The van der Waals surface area contributed by atoms with E-state index in [4.69, 9.17) is 0 Å². The highest BCUT2D eigenvalue weighted by molar-refractivity contribution is 5.76. The second kappa shape index (κ2) is 5.85. The molecule has 3 nitrogen and oxygen atoms in total. The molecule has 0 radical (unpaired) electrons.